The number of fused-ring (bicyclic) bond motifs is 1. The van der Waals surface area contributed by atoms with Gasteiger partial charge in [-0.15, -0.1) is 11.3 Å². The average Bonchev–Trinajstić information content (AvgIpc) is 2.82. The largest absolute Gasteiger partial charge is 0.400 e. The SMILES string of the molecule is C=O.CC.CCNc1ccnc2sc(C)c(N)c12.CO. The Kier molecular flexibility index (Phi) is 12.8. The molecule has 0 amide bonds. The highest BCUT2D eigenvalue weighted by molar-refractivity contribution is 7.19. The van der Waals surface area contributed by atoms with Crippen molar-refractivity contribution in [3.63, 3.8) is 0 Å². The Morgan fingerprint density at radius 1 is 1.40 bits per heavy atom. The normalized spacial score (nSPS) is 8.30. The van der Waals surface area contributed by atoms with E-state index in [4.69, 9.17) is 15.6 Å². The van der Waals surface area contributed by atoms with Gasteiger partial charge in [0.2, 0.25) is 0 Å². The van der Waals surface area contributed by atoms with E-state index in [2.05, 4.69) is 17.2 Å². The minimum absolute atomic E-state index is 0.856. The van der Waals surface area contributed by atoms with E-state index in [-0.39, 0.29) is 0 Å². The first kappa shape index (κ1) is 20.7. The smallest absolute Gasteiger partial charge is 0.127 e. The Balaban J connectivity index is 0. The van der Waals surface area contributed by atoms with E-state index in [0.29, 0.717) is 0 Å². The molecule has 2 heterocycles. The number of thiophene rings is 1. The molecule has 0 radical (unpaired) electrons. The number of aliphatic hydroxyl groups excluding tert-OH is 1. The number of aromatic nitrogens is 1. The molecule has 0 aliphatic rings. The van der Waals surface area contributed by atoms with Crippen LogP contribution >= 0.6 is 11.3 Å². The Labute approximate surface area is 124 Å². The Morgan fingerprint density at radius 2 is 1.95 bits per heavy atom. The van der Waals surface area contributed by atoms with Gasteiger partial charge in [-0.25, -0.2) is 4.98 Å². The number of nitrogen functional groups attached to an aromatic ring is 1. The summed E-state index contributed by atoms with van der Waals surface area (Å²) in [6.07, 6.45) is 1.82. The van der Waals surface area contributed by atoms with Gasteiger partial charge in [-0.3, -0.25) is 0 Å². The predicted octanol–water partition coefficient (Wildman–Crippen LogP) is 3.07. The fourth-order valence-corrected chi connectivity index (χ4v) is 2.43. The molecule has 0 spiro atoms. The second-order valence-electron chi connectivity index (χ2n) is 3.14. The summed E-state index contributed by atoms with van der Waals surface area (Å²) in [6, 6.07) is 1.97. The molecule has 5 nitrogen and oxygen atoms in total. The van der Waals surface area contributed by atoms with E-state index < -0.39 is 0 Å². The van der Waals surface area contributed by atoms with Crippen LogP contribution in [0.2, 0.25) is 0 Å². The van der Waals surface area contributed by atoms with E-state index in [1.54, 1.807) is 11.3 Å². The molecule has 20 heavy (non-hydrogen) atoms. The van der Waals surface area contributed by atoms with Crippen molar-refractivity contribution in [2.75, 3.05) is 24.7 Å². The first-order chi connectivity index (χ1) is 9.74. The van der Waals surface area contributed by atoms with Crippen LogP contribution in [0, 0.1) is 6.92 Å². The van der Waals surface area contributed by atoms with Gasteiger partial charge in [-0.2, -0.15) is 0 Å². The summed E-state index contributed by atoms with van der Waals surface area (Å²) in [7, 11) is 1.00. The number of aliphatic hydroxyl groups is 1. The molecule has 0 fully saturated rings. The third kappa shape index (κ3) is 5.14. The van der Waals surface area contributed by atoms with Crippen LogP contribution in [0.1, 0.15) is 25.6 Å². The van der Waals surface area contributed by atoms with Crippen LogP contribution in [0.15, 0.2) is 12.3 Å². The number of hydrogen-bond acceptors (Lipinski definition) is 6. The number of aryl methyl sites for hydroxylation is 1. The van der Waals surface area contributed by atoms with Crippen molar-refractivity contribution >= 4 is 39.7 Å². The number of hydrogen-bond donors (Lipinski definition) is 3. The Hall–Kier alpha value is -1.66. The maximum Gasteiger partial charge on any atom is 0.127 e. The van der Waals surface area contributed by atoms with Gasteiger partial charge in [0.05, 0.1) is 11.1 Å². The summed E-state index contributed by atoms with van der Waals surface area (Å²) >= 11 is 1.64. The van der Waals surface area contributed by atoms with Crippen molar-refractivity contribution in [2.24, 2.45) is 0 Å². The number of rotatable bonds is 2. The van der Waals surface area contributed by atoms with E-state index in [1.807, 2.05) is 39.8 Å². The summed E-state index contributed by atoms with van der Waals surface area (Å²) < 4.78 is 0. The van der Waals surface area contributed by atoms with Crippen molar-refractivity contribution in [1.29, 1.82) is 0 Å². The summed E-state index contributed by atoms with van der Waals surface area (Å²) in [4.78, 5) is 14.5. The lowest BCUT2D eigenvalue weighted by atomic mass is 10.2. The number of carbonyl (C=O) groups excluding carboxylic acids is 1. The lowest BCUT2D eigenvalue weighted by Gasteiger charge is -2.04. The van der Waals surface area contributed by atoms with Gasteiger partial charge in [0.25, 0.3) is 0 Å². The minimum atomic E-state index is 0.856. The number of nitrogens with zero attached hydrogens (tertiary/aromatic N) is 1. The molecular formula is C14H25N3O2S. The van der Waals surface area contributed by atoms with Crippen LogP contribution in [-0.2, 0) is 4.79 Å². The quantitative estimate of drug-likeness (QED) is 0.793. The van der Waals surface area contributed by atoms with Crippen LogP contribution in [0.25, 0.3) is 10.2 Å². The molecule has 0 aliphatic heterocycles. The zero-order valence-corrected chi connectivity index (χ0v) is 13.7. The van der Waals surface area contributed by atoms with E-state index in [0.717, 1.165) is 40.1 Å². The second kappa shape index (κ2) is 12.4. The molecule has 0 unspecified atom stereocenters. The topological polar surface area (TPSA) is 88.2 Å². The molecule has 0 aliphatic carbocycles. The maximum absolute atomic E-state index is 8.00. The number of pyridine rings is 1. The van der Waals surface area contributed by atoms with Crippen LogP contribution in [0.4, 0.5) is 11.4 Å². The molecule has 0 bridgehead atoms. The molecule has 0 aromatic carbocycles. The fraction of sp³-hybridized carbons (Fsp3) is 0.429. The highest BCUT2D eigenvalue weighted by Crippen LogP contribution is 2.36. The lowest BCUT2D eigenvalue weighted by Crippen LogP contribution is -1.98. The number of anilines is 2. The molecule has 114 valence electrons. The Bertz CT molecular complexity index is 486. The van der Waals surface area contributed by atoms with Crippen molar-refractivity contribution in [3.05, 3.63) is 17.1 Å². The van der Waals surface area contributed by atoms with Crippen molar-refractivity contribution in [2.45, 2.75) is 27.7 Å². The lowest BCUT2D eigenvalue weighted by molar-refractivity contribution is -0.0979. The van der Waals surface area contributed by atoms with Gasteiger partial charge in [0.15, 0.2) is 0 Å². The average molecular weight is 299 g/mol. The zero-order valence-electron chi connectivity index (χ0n) is 12.9. The molecule has 0 saturated heterocycles. The van der Waals surface area contributed by atoms with Gasteiger partial charge in [0.1, 0.15) is 11.6 Å². The number of nitrogens with one attached hydrogen (secondary N) is 1. The van der Waals surface area contributed by atoms with Gasteiger partial charge < -0.3 is 21.0 Å². The van der Waals surface area contributed by atoms with E-state index >= 15 is 0 Å². The van der Waals surface area contributed by atoms with Crippen molar-refractivity contribution < 1.29 is 9.90 Å². The maximum atomic E-state index is 8.00. The van der Waals surface area contributed by atoms with E-state index in [9.17, 15) is 0 Å². The van der Waals surface area contributed by atoms with Crippen LogP contribution in [0.5, 0.6) is 0 Å². The van der Waals surface area contributed by atoms with Gasteiger partial charge in [0, 0.05) is 30.4 Å². The molecule has 0 saturated carbocycles. The first-order valence-corrected chi connectivity index (χ1v) is 7.16. The van der Waals surface area contributed by atoms with Gasteiger partial charge in [-0.05, 0) is 19.9 Å². The third-order valence-electron chi connectivity index (χ3n) is 2.18. The molecule has 2 aromatic rings. The molecule has 2 aromatic heterocycles. The third-order valence-corrected chi connectivity index (χ3v) is 3.21. The first-order valence-electron chi connectivity index (χ1n) is 6.35. The van der Waals surface area contributed by atoms with Crippen molar-refractivity contribution in [1.82, 2.24) is 4.98 Å². The summed E-state index contributed by atoms with van der Waals surface area (Å²) in [5, 5.41) is 11.4. The summed E-state index contributed by atoms with van der Waals surface area (Å²) in [5.41, 5.74) is 7.94. The summed E-state index contributed by atoms with van der Waals surface area (Å²) in [5.74, 6) is 0. The fourth-order valence-electron chi connectivity index (χ4n) is 1.49. The predicted molar refractivity (Wildman–Crippen MR) is 89.5 cm³/mol. The standard InChI is InChI=1S/C10H13N3S.C2H6.CH4O.CH2O/c1-3-12-7-4-5-13-10-8(7)9(11)6(2)14-10;3*1-2/h4-5H,3,11H2,1-2H3,(H,12,13);1-2H3;2H,1H3;1H2. The van der Waals surface area contributed by atoms with Gasteiger partial charge >= 0.3 is 0 Å². The minimum Gasteiger partial charge on any atom is -0.400 e. The number of nitrogens with two attached hydrogens (primary N) is 1. The molecular weight excluding hydrogens is 274 g/mol. The highest BCUT2D eigenvalue weighted by atomic mass is 32.1. The summed E-state index contributed by atoms with van der Waals surface area (Å²) in [6.45, 7) is 11.0. The molecule has 4 N–H and O–H groups in total. The molecule has 2 rings (SSSR count). The monoisotopic (exact) mass is 299 g/mol. The highest BCUT2D eigenvalue weighted by Gasteiger charge is 2.10. The van der Waals surface area contributed by atoms with Crippen LogP contribution < -0.4 is 11.1 Å². The molecule has 6 heteroatoms. The van der Waals surface area contributed by atoms with Crippen LogP contribution in [-0.4, -0.2) is 30.5 Å². The second-order valence-corrected chi connectivity index (χ2v) is 4.34. The zero-order chi connectivity index (χ0) is 16.1. The molecule has 0 atom stereocenters. The number of carbonyl (C=O) groups is 1. The van der Waals surface area contributed by atoms with Crippen molar-refractivity contribution in [3.8, 4) is 0 Å². The Morgan fingerprint density at radius 3 is 2.45 bits per heavy atom. The van der Waals surface area contributed by atoms with Crippen LogP contribution in [0.3, 0.4) is 0 Å². The van der Waals surface area contributed by atoms with E-state index in [1.165, 1.54) is 0 Å². The van der Waals surface area contributed by atoms with Gasteiger partial charge in [-0.1, -0.05) is 13.8 Å².